The number of nitrogens with zero attached hydrogens (tertiary/aromatic N) is 5. The van der Waals surface area contributed by atoms with E-state index >= 15 is 0 Å². The standard InChI is InChI=1S/C27H31F3N6O3S/c1-34(2)21-15-35(16-21)26-13-19(9-11-31-26)18-3-6-22(7-4-18)40(38,39)36-12-10-23(24(37)17-36)33-25-8-5-20(14-32-25)27(28,29)30/h3-9,11,13-14,21,23-24,37H,10,12,15-17H2,1-2H3,(H,32,33)/t23-,24+/m1/s1. The van der Waals surface area contributed by atoms with Crippen LogP contribution in [0.15, 0.2) is 65.8 Å². The summed E-state index contributed by atoms with van der Waals surface area (Å²) in [6.45, 7) is 1.79. The van der Waals surface area contributed by atoms with Gasteiger partial charge in [0.2, 0.25) is 10.0 Å². The summed E-state index contributed by atoms with van der Waals surface area (Å²) in [5.74, 6) is 1.05. The second-order valence-corrected chi connectivity index (χ2v) is 12.3. The van der Waals surface area contributed by atoms with E-state index in [2.05, 4.69) is 39.2 Å². The van der Waals surface area contributed by atoms with Gasteiger partial charge in [0, 0.05) is 44.6 Å². The predicted molar refractivity (Wildman–Crippen MR) is 145 cm³/mol. The molecule has 4 heterocycles. The summed E-state index contributed by atoms with van der Waals surface area (Å²) in [4.78, 5) is 12.8. The van der Waals surface area contributed by atoms with Gasteiger partial charge in [0.1, 0.15) is 11.6 Å². The van der Waals surface area contributed by atoms with Crippen molar-refractivity contribution < 1.29 is 26.7 Å². The first-order chi connectivity index (χ1) is 18.9. The second kappa shape index (κ2) is 11.0. The molecular weight excluding hydrogens is 545 g/mol. The Morgan fingerprint density at radius 3 is 2.33 bits per heavy atom. The Kier molecular flexibility index (Phi) is 7.75. The quantitative estimate of drug-likeness (QED) is 0.443. The number of rotatable bonds is 7. The van der Waals surface area contributed by atoms with Gasteiger partial charge in [-0.15, -0.1) is 0 Å². The molecule has 3 aromatic rings. The molecule has 0 spiro atoms. The lowest BCUT2D eigenvalue weighted by atomic mass is 10.0. The molecule has 9 nitrogen and oxygen atoms in total. The number of sulfonamides is 1. The van der Waals surface area contributed by atoms with Gasteiger partial charge in [0.05, 0.1) is 22.6 Å². The van der Waals surface area contributed by atoms with Crippen molar-refractivity contribution in [2.75, 3.05) is 50.5 Å². The Morgan fingerprint density at radius 1 is 1.00 bits per heavy atom. The number of β-amino-alcohol motifs (C(OH)–C–C–N with tert-alkyl or cyclic N) is 1. The molecule has 0 radical (unpaired) electrons. The lowest BCUT2D eigenvalue weighted by Gasteiger charge is -2.43. The lowest BCUT2D eigenvalue weighted by Crippen LogP contribution is -2.57. The molecule has 5 rings (SSSR count). The number of hydrogen-bond donors (Lipinski definition) is 2. The van der Waals surface area contributed by atoms with Gasteiger partial charge < -0.3 is 20.2 Å². The van der Waals surface area contributed by atoms with E-state index in [-0.39, 0.29) is 30.2 Å². The molecule has 2 saturated heterocycles. The van der Waals surface area contributed by atoms with Crippen LogP contribution in [0.1, 0.15) is 12.0 Å². The van der Waals surface area contributed by atoms with Crippen LogP contribution in [0.25, 0.3) is 11.1 Å². The molecule has 2 aliphatic rings. The highest BCUT2D eigenvalue weighted by Gasteiger charge is 2.35. The van der Waals surface area contributed by atoms with Crippen molar-refractivity contribution in [1.82, 2.24) is 19.2 Å². The maximum Gasteiger partial charge on any atom is 0.417 e. The molecule has 0 amide bonds. The van der Waals surface area contributed by atoms with E-state index in [1.807, 2.05) is 12.1 Å². The summed E-state index contributed by atoms with van der Waals surface area (Å²) in [5.41, 5.74) is 0.921. The fourth-order valence-electron chi connectivity index (χ4n) is 4.83. The summed E-state index contributed by atoms with van der Waals surface area (Å²) in [6, 6.07) is 12.5. The van der Waals surface area contributed by atoms with Crippen molar-refractivity contribution in [2.45, 2.75) is 35.7 Å². The number of likely N-dealkylation sites (N-methyl/N-ethyl adjacent to an activating group) is 1. The van der Waals surface area contributed by atoms with Crippen molar-refractivity contribution in [3.05, 3.63) is 66.5 Å². The van der Waals surface area contributed by atoms with Gasteiger partial charge in [0.25, 0.3) is 0 Å². The Hall–Kier alpha value is -3.26. The average Bonchev–Trinajstić information content (AvgIpc) is 2.89. The minimum atomic E-state index is -4.49. The minimum absolute atomic E-state index is 0.116. The smallest absolute Gasteiger partial charge is 0.390 e. The number of aliphatic hydroxyl groups is 1. The van der Waals surface area contributed by atoms with Crippen LogP contribution < -0.4 is 10.2 Å². The summed E-state index contributed by atoms with van der Waals surface area (Å²) >= 11 is 0. The maximum absolute atomic E-state index is 13.3. The Balaban J connectivity index is 1.21. The molecule has 2 aliphatic heterocycles. The number of benzene rings is 1. The number of anilines is 2. The van der Waals surface area contributed by atoms with Crippen LogP contribution in [0.5, 0.6) is 0 Å². The number of aromatic nitrogens is 2. The fourth-order valence-corrected chi connectivity index (χ4v) is 6.31. The van der Waals surface area contributed by atoms with Gasteiger partial charge in [0.15, 0.2) is 0 Å². The van der Waals surface area contributed by atoms with Crippen LogP contribution in [0.4, 0.5) is 24.8 Å². The normalized spacial score (nSPS) is 20.9. The molecule has 1 aromatic carbocycles. The number of nitrogens with one attached hydrogen (secondary N) is 1. The first-order valence-electron chi connectivity index (χ1n) is 12.9. The number of piperidine rings is 1. The van der Waals surface area contributed by atoms with Crippen molar-refractivity contribution in [1.29, 1.82) is 0 Å². The van der Waals surface area contributed by atoms with E-state index in [1.54, 1.807) is 30.5 Å². The highest BCUT2D eigenvalue weighted by atomic mass is 32.2. The Labute approximate surface area is 231 Å². The summed E-state index contributed by atoms with van der Waals surface area (Å²) in [6.07, 6.45) is -2.84. The number of alkyl halides is 3. The molecule has 2 fully saturated rings. The van der Waals surface area contributed by atoms with Gasteiger partial charge in [-0.3, -0.25) is 0 Å². The molecule has 0 bridgehead atoms. The van der Waals surface area contributed by atoms with Crippen LogP contribution >= 0.6 is 0 Å². The van der Waals surface area contributed by atoms with E-state index in [1.165, 1.54) is 10.4 Å². The van der Waals surface area contributed by atoms with Gasteiger partial charge >= 0.3 is 6.18 Å². The largest absolute Gasteiger partial charge is 0.417 e. The molecule has 40 heavy (non-hydrogen) atoms. The molecular formula is C27H31F3N6O3S. The predicted octanol–water partition coefficient (Wildman–Crippen LogP) is 3.15. The number of aliphatic hydroxyl groups excluding tert-OH is 1. The lowest BCUT2D eigenvalue weighted by molar-refractivity contribution is -0.137. The second-order valence-electron chi connectivity index (χ2n) is 10.3. The maximum atomic E-state index is 13.3. The van der Waals surface area contributed by atoms with Crippen LogP contribution in [0, 0.1) is 0 Å². The summed E-state index contributed by atoms with van der Waals surface area (Å²) < 4.78 is 66.1. The first kappa shape index (κ1) is 28.3. The molecule has 0 unspecified atom stereocenters. The van der Waals surface area contributed by atoms with E-state index in [9.17, 15) is 26.7 Å². The van der Waals surface area contributed by atoms with Crippen LogP contribution in [-0.2, 0) is 16.2 Å². The third-order valence-corrected chi connectivity index (χ3v) is 9.34. The van der Waals surface area contributed by atoms with Crippen molar-refractivity contribution >= 4 is 21.7 Å². The molecule has 13 heteroatoms. The van der Waals surface area contributed by atoms with Gasteiger partial charge in [-0.25, -0.2) is 18.4 Å². The van der Waals surface area contributed by atoms with E-state index in [0.717, 1.165) is 42.3 Å². The van der Waals surface area contributed by atoms with Crippen LogP contribution in [0.3, 0.4) is 0 Å². The zero-order valence-corrected chi connectivity index (χ0v) is 22.9. The number of hydrogen-bond acceptors (Lipinski definition) is 8. The monoisotopic (exact) mass is 576 g/mol. The van der Waals surface area contributed by atoms with E-state index < -0.39 is 33.9 Å². The zero-order valence-electron chi connectivity index (χ0n) is 22.1. The average molecular weight is 577 g/mol. The Bertz CT molecular complexity index is 1430. The van der Waals surface area contributed by atoms with Gasteiger partial charge in [-0.2, -0.15) is 17.5 Å². The van der Waals surface area contributed by atoms with Crippen LogP contribution in [-0.4, -0.2) is 91.2 Å². The number of halogens is 3. The number of pyridine rings is 2. The zero-order chi connectivity index (χ0) is 28.7. The third kappa shape index (κ3) is 5.92. The minimum Gasteiger partial charge on any atom is -0.390 e. The SMILES string of the molecule is CN(C)C1CN(c2cc(-c3ccc(S(=O)(=O)N4CC[C@@H](Nc5ccc(C(F)(F)F)cn5)[C@@H](O)C4)cc3)ccn2)C1. The highest BCUT2D eigenvalue weighted by molar-refractivity contribution is 7.89. The van der Waals surface area contributed by atoms with Crippen molar-refractivity contribution in [2.24, 2.45) is 0 Å². The highest BCUT2D eigenvalue weighted by Crippen LogP contribution is 2.30. The molecule has 2 N–H and O–H groups in total. The Morgan fingerprint density at radius 2 is 1.73 bits per heavy atom. The van der Waals surface area contributed by atoms with Crippen molar-refractivity contribution in [3.8, 4) is 11.1 Å². The molecule has 214 valence electrons. The van der Waals surface area contributed by atoms with E-state index in [4.69, 9.17) is 0 Å². The van der Waals surface area contributed by atoms with Crippen molar-refractivity contribution in [3.63, 3.8) is 0 Å². The van der Waals surface area contributed by atoms with E-state index in [0.29, 0.717) is 6.04 Å². The topological polar surface area (TPSA) is 102 Å². The van der Waals surface area contributed by atoms with Gasteiger partial charge in [-0.05, 0) is 68.0 Å². The fraction of sp³-hybridized carbons (Fsp3) is 0.407. The first-order valence-corrected chi connectivity index (χ1v) is 14.3. The third-order valence-electron chi connectivity index (χ3n) is 7.46. The molecule has 2 atom stereocenters. The molecule has 0 saturated carbocycles. The summed E-state index contributed by atoms with van der Waals surface area (Å²) in [7, 11) is 0.252. The summed E-state index contributed by atoms with van der Waals surface area (Å²) in [5, 5.41) is 13.6. The molecule has 0 aliphatic carbocycles. The van der Waals surface area contributed by atoms with Gasteiger partial charge in [-0.1, -0.05) is 12.1 Å². The molecule has 2 aromatic heterocycles. The van der Waals surface area contributed by atoms with Crippen LogP contribution in [0.2, 0.25) is 0 Å².